The maximum Gasteiger partial charge on any atom is 0.346 e. The van der Waals surface area contributed by atoms with Gasteiger partial charge in [0.15, 0.2) is 0 Å². The van der Waals surface area contributed by atoms with Gasteiger partial charge in [-0.2, -0.15) is 4.99 Å². The Morgan fingerprint density at radius 3 is 2.54 bits per heavy atom. The number of carbonyl (C=O) groups is 1. The number of carbonyl (C=O) groups excluding carboxylic acids is 2. The summed E-state index contributed by atoms with van der Waals surface area (Å²) in [6.45, 7) is 5.46. The largest absolute Gasteiger partial charge is 0.464 e. The molecule has 0 heterocycles. The molecule has 0 rings (SSSR count). The molecule has 0 saturated carbocycles. The van der Waals surface area contributed by atoms with Crippen LogP contribution in [0, 0.1) is 5.92 Å². The first-order valence-electron chi connectivity index (χ1n) is 3.94. The highest BCUT2D eigenvalue weighted by Gasteiger charge is 2.40. The molecular formula is C8H12BrNO3. The lowest BCUT2D eigenvalue weighted by Crippen LogP contribution is -2.37. The Morgan fingerprint density at radius 2 is 2.23 bits per heavy atom. The summed E-state index contributed by atoms with van der Waals surface area (Å²) in [4.78, 5) is 24.9. The van der Waals surface area contributed by atoms with Gasteiger partial charge in [0.05, 0.1) is 6.61 Å². The number of halogens is 1. The van der Waals surface area contributed by atoms with E-state index in [-0.39, 0.29) is 12.5 Å². The summed E-state index contributed by atoms with van der Waals surface area (Å²) in [6.07, 6.45) is 1.36. The zero-order valence-corrected chi connectivity index (χ0v) is 9.42. The molecule has 4 nitrogen and oxygen atoms in total. The van der Waals surface area contributed by atoms with Gasteiger partial charge in [-0.15, -0.1) is 0 Å². The molecular weight excluding hydrogens is 238 g/mol. The predicted octanol–water partition coefficient (Wildman–Crippen LogP) is 1.63. The van der Waals surface area contributed by atoms with E-state index in [9.17, 15) is 9.59 Å². The number of hydrogen-bond donors (Lipinski definition) is 0. The van der Waals surface area contributed by atoms with Gasteiger partial charge in [-0.1, -0.05) is 13.8 Å². The lowest BCUT2D eigenvalue weighted by Gasteiger charge is -2.22. The van der Waals surface area contributed by atoms with Crippen LogP contribution < -0.4 is 0 Å². The van der Waals surface area contributed by atoms with Crippen molar-refractivity contribution in [1.29, 1.82) is 0 Å². The molecule has 0 radical (unpaired) electrons. The average Bonchev–Trinajstić information content (AvgIpc) is 2.04. The fourth-order valence-corrected chi connectivity index (χ4v) is 0.896. The number of alkyl halides is 1. The molecule has 0 amide bonds. The molecule has 0 aromatic carbocycles. The van der Waals surface area contributed by atoms with Crippen molar-refractivity contribution in [2.75, 3.05) is 6.61 Å². The van der Waals surface area contributed by atoms with Crippen LogP contribution in [0.2, 0.25) is 0 Å². The van der Waals surface area contributed by atoms with E-state index in [0.29, 0.717) is 0 Å². The van der Waals surface area contributed by atoms with Gasteiger partial charge in [-0.05, 0) is 22.9 Å². The van der Waals surface area contributed by atoms with E-state index in [1.54, 1.807) is 20.8 Å². The molecule has 5 heteroatoms. The molecule has 0 aromatic heterocycles. The van der Waals surface area contributed by atoms with Crippen molar-refractivity contribution in [3.8, 4) is 0 Å². The Balaban J connectivity index is 4.78. The Bertz CT molecular complexity index is 236. The van der Waals surface area contributed by atoms with Gasteiger partial charge in [-0.25, -0.2) is 9.59 Å². The summed E-state index contributed by atoms with van der Waals surface area (Å²) < 4.78 is 3.48. The van der Waals surface area contributed by atoms with Crippen molar-refractivity contribution in [2.24, 2.45) is 10.9 Å². The van der Waals surface area contributed by atoms with Gasteiger partial charge in [0.1, 0.15) is 0 Å². The molecule has 0 aromatic rings. The van der Waals surface area contributed by atoms with Crippen molar-refractivity contribution in [2.45, 2.75) is 25.2 Å². The van der Waals surface area contributed by atoms with E-state index in [2.05, 4.69) is 20.9 Å². The lowest BCUT2D eigenvalue weighted by atomic mass is 10.1. The Kier molecular flexibility index (Phi) is 4.88. The standard InChI is InChI=1S/C8H12BrNO3/c1-4-13-7(12)8(9,6(2)3)10-5-11/h6H,4H2,1-3H3. The van der Waals surface area contributed by atoms with Gasteiger partial charge in [-0.3, -0.25) is 0 Å². The molecule has 1 atom stereocenters. The molecule has 0 saturated heterocycles. The summed E-state index contributed by atoms with van der Waals surface area (Å²) in [5.41, 5.74) is 0. The zero-order valence-electron chi connectivity index (χ0n) is 7.83. The van der Waals surface area contributed by atoms with Crippen LogP contribution in [0.5, 0.6) is 0 Å². The monoisotopic (exact) mass is 249 g/mol. The van der Waals surface area contributed by atoms with Crippen LogP contribution in [-0.4, -0.2) is 23.1 Å². The number of isocyanates is 1. The molecule has 0 bridgehead atoms. The predicted molar refractivity (Wildman–Crippen MR) is 51.3 cm³/mol. The van der Waals surface area contributed by atoms with Crippen molar-refractivity contribution in [3.63, 3.8) is 0 Å². The minimum Gasteiger partial charge on any atom is -0.464 e. The lowest BCUT2D eigenvalue weighted by molar-refractivity contribution is -0.146. The molecule has 0 spiro atoms. The molecule has 0 aliphatic carbocycles. The molecule has 13 heavy (non-hydrogen) atoms. The van der Waals surface area contributed by atoms with Gasteiger partial charge >= 0.3 is 5.97 Å². The van der Waals surface area contributed by atoms with Gasteiger partial charge in [0, 0.05) is 5.92 Å². The van der Waals surface area contributed by atoms with E-state index in [4.69, 9.17) is 4.74 Å². The zero-order chi connectivity index (χ0) is 10.5. The van der Waals surface area contributed by atoms with Crippen LogP contribution >= 0.6 is 15.9 Å². The van der Waals surface area contributed by atoms with Crippen LogP contribution in [0.4, 0.5) is 0 Å². The number of ether oxygens (including phenoxy) is 1. The second kappa shape index (κ2) is 5.14. The smallest absolute Gasteiger partial charge is 0.346 e. The summed E-state index contributed by atoms with van der Waals surface area (Å²) in [6, 6.07) is 0. The second-order valence-electron chi connectivity index (χ2n) is 2.75. The van der Waals surface area contributed by atoms with Crippen molar-refractivity contribution < 1.29 is 14.3 Å². The van der Waals surface area contributed by atoms with Crippen LogP contribution in [0.15, 0.2) is 4.99 Å². The fourth-order valence-electron chi connectivity index (χ4n) is 0.709. The molecule has 0 fully saturated rings. The molecule has 0 N–H and O–H groups in total. The number of esters is 1. The van der Waals surface area contributed by atoms with E-state index in [1.807, 2.05) is 0 Å². The number of rotatable bonds is 4. The van der Waals surface area contributed by atoms with E-state index >= 15 is 0 Å². The summed E-state index contributed by atoms with van der Waals surface area (Å²) in [5.74, 6) is -0.735. The van der Waals surface area contributed by atoms with Crippen LogP contribution in [0.25, 0.3) is 0 Å². The van der Waals surface area contributed by atoms with E-state index < -0.39 is 10.4 Å². The quantitative estimate of drug-likeness (QED) is 0.250. The SMILES string of the molecule is CCOC(=O)C(Br)(N=C=O)C(C)C. The highest BCUT2D eigenvalue weighted by atomic mass is 79.9. The third-order valence-corrected chi connectivity index (χ3v) is 2.95. The topological polar surface area (TPSA) is 55.7 Å². The number of hydrogen-bond acceptors (Lipinski definition) is 4. The minimum absolute atomic E-state index is 0.173. The molecule has 0 aliphatic heterocycles. The Labute approximate surface area is 85.5 Å². The van der Waals surface area contributed by atoms with Crippen LogP contribution in [-0.2, 0) is 14.3 Å². The highest BCUT2D eigenvalue weighted by Crippen LogP contribution is 2.30. The fraction of sp³-hybridized carbons (Fsp3) is 0.750. The second-order valence-corrected chi connectivity index (χ2v) is 3.96. The highest BCUT2D eigenvalue weighted by molar-refractivity contribution is 9.10. The number of nitrogens with zero attached hydrogens (tertiary/aromatic N) is 1. The minimum atomic E-state index is -1.29. The molecule has 1 unspecified atom stereocenters. The third kappa shape index (κ3) is 2.94. The number of aliphatic imine (C=N–C) groups is 1. The molecule has 74 valence electrons. The van der Waals surface area contributed by atoms with Crippen molar-refractivity contribution in [3.05, 3.63) is 0 Å². The van der Waals surface area contributed by atoms with Gasteiger partial charge < -0.3 is 4.74 Å². The normalized spacial score (nSPS) is 14.5. The van der Waals surface area contributed by atoms with Crippen molar-refractivity contribution in [1.82, 2.24) is 0 Å². The van der Waals surface area contributed by atoms with Gasteiger partial charge in [0.25, 0.3) is 0 Å². The maximum absolute atomic E-state index is 11.4. The van der Waals surface area contributed by atoms with E-state index in [1.165, 1.54) is 6.08 Å². The summed E-state index contributed by atoms with van der Waals surface area (Å²) in [5, 5.41) is 0. The van der Waals surface area contributed by atoms with Gasteiger partial charge in [0.2, 0.25) is 10.5 Å². The van der Waals surface area contributed by atoms with Crippen LogP contribution in [0.3, 0.4) is 0 Å². The first-order valence-corrected chi connectivity index (χ1v) is 4.73. The van der Waals surface area contributed by atoms with Crippen LogP contribution in [0.1, 0.15) is 20.8 Å². The summed E-state index contributed by atoms with van der Waals surface area (Å²) >= 11 is 3.07. The average molecular weight is 250 g/mol. The third-order valence-electron chi connectivity index (χ3n) is 1.54. The first-order chi connectivity index (χ1) is 5.99. The molecule has 0 aliphatic rings. The van der Waals surface area contributed by atoms with E-state index in [0.717, 1.165) is 0 Å². The summed E-state index contributed by atoms with van der Waals surface area (Å²) in [7, 11) is 0. The van der Waals surface area contributed by atoms with Crippen molar-refractivity contribution >= 4 is 28.0 Å². The maximum atomic E-state index is 11.4. The first kappa shape index (κ1) is 12.3. The Hall–Kier alpha value is -0.670. The Morgan fingerprint density at radius 1 is 1.69 bits per heavy atom.